The molecule has 2 aromatic carbocycles. The zero-order valence-corrected chi connectivity index (χ0v) is 20.9. The number of aryl methyl sites for hydroxylation is 1. The summed E-state index contributed by atoms with van der Waals surface area (Å²) >= 11 is 6.31. The van der Waals surface area contributed by atoms with Gasteiger partial charge in [0, 0.05) is 40.8 Å². The highest BCUT2D eigenvalue weighted by molar-refractivity contribution is 6.31. The number of methoxy groups -OCH3 is 1. The molecule has 0 radical (unpaired) electrons. The molecule has 1 atom stereocenters. The molecule has 1 saturated heterocycles. The number of benzene rings is 2. The van der Waals surface area contributed by atoms with Crippen LogP contribution in [0.1, 0.15) is 50.8 Å². The number of ether oxygens (including phenoxy) is 1. The molecule has 4 rings (SSSR count). The van der Waals surface area contributed by atoms with E-state index in [1.807, 2.05) is 35.2 Å². The van der Waals surface area contributed by atoms with Crippen molar-refractivity contribution in [2.45, 2.75) is 46.1 Å². The molecule has 0 aliphatic carbocycles. The Hall–Kier alpha value is -2.77. The maximum absolute atomic E-state index is 12.9. The Morgan fingerprint density at radius 2 is 2.03 bits per heavy atom. The third kappa shape index (κ3) is 4.86. The lowest BCUT2D eigenvalue weighted by Crippen LogP contribution is -2.45. The molecule has 2 heterocycles. The Morgan fingerprint density at radius 3 is 2.71 bits per heavy atom. The third-order valence-electron chi connectivity index (χ3n) is 7.24. The van der Waals surface area contributed by atoms with E-state index in [1.165, 1.54) is 0 Å². The standard InChI is InChI=1S/C26H33ClN4O3/c1-5-16-10-20(14-21(11-16)34-4)29-25(33)31-8-6-18(7-9-31)26(2,3)24(32)22-13-19(27)12-17-15-28-30-23(17)22/h10-15,18,24,32H,5-9H2,1-4H3,(H,28,30)(H,29,33). The number of rotatable bonds is 6. The molecule has 1 unspecified atom stereocenters. The van der Waals surface area contributed by atoms with Crippen molar-refractivity contribution in [1.82, 2.24) is 15.1 Å². The molecule has 0 bridgehead atoms. The van der Waals surface area contributed by atoms with Crippen molar-refractivity contribution < 1.29 is 14.6 Å². The predicted molar refractivity (Wildman–Crippen MR) is 136 cm³/mol. The Labute approximate surface area is 205 Å². The molecule has 1 aromatic heterocycles. The number of carbonyl (C=O) groups is 1. The highest BCUT2D eigenvalue weighted by atomic mass is 35.5. The molecule has 1 aliphatic rings. The summed E-state index contributed by atoms with van der Waals surface area (Å²) in [6, 6.07) is 9.34. The summed E-state index contributed by atoms with van der Waals surface area (Å²) in [6.07, 6.45) is 3.47. The number of nitrogens with zero attached hydrogens (tertiary/aromatic N) is 2. The normalized spacial score (nSPS) is 16.0. The van der Waals surface area contributed by atoms with Gasteiger partial charge in [0.05, 0.1) is 24.9 Å². The first kappa shape index (κ1) is 24.4. The molecule has 0 spiro atoms. The van der Waals surface area contributed by atoms with Gasteiger partial charge in [-0.25, -0.2) is 4.79 Å². The van der Waals surface area contributed by atoms with E-state index < -0.39 is 11.5 Å². The lowest BCUT2D eigenvalue weighted by atomic mass is 9.68. The van der Waals surface area contributed by atoms with Crippen LogP contribution in [-0.4, -0.2) is 46.4 Å². The summed E-state index contributed by atoms with van der Waals surface area (Å²) in [5.41, 5.74) is 3.01. The van der Waals surface area contributed by atoms with Gasteiger partial charge in [0.25, 0.3) is 0 Å². The predicted octanol–water partition coefficient (Wildman–Crippen LogP) is 5.79. The van der Waals surface area contributed by atoms with Crippen LogP contribution in [0.3, 0.4) is 0 Å². The van der Waals surface area contributed by atoms with E-state index in [9.17, 15) is 9.90 Å². The molecule has 34 heavy (non-hydrogen) atoms. The second-order valence-corrected chi connectivity index (χ2v) is 10.1. The summed E-state index contributed by atoms with van der Waals surface area (Å²) in [5.74, 6) is 0.975. The highest BCUT2D eigenvalue weighted by Crippen LogP contribution is 2.46. The molecule has 3 N–H and O–H groups in total. The number of hydrogen-bond donors (Lipinski definition) is 3. The number of aromatic nitrogens is 2. The summed E-state index contributed by atoms with van der Waals surface area (Å²) < 4.78 is 5.36. The van der Waals surface area contributed by atoms with Gasteiger partial charge < -0.3 is 20.1 Å². The van der Waals surface area contributed by atoms with Crippen LogP contribution in [0.5, 0.6) is 5.75 Å². The van der Waals surface area contributed by atoms with Crippen LogP contribution in [0.25, 0.3) is 10.9 Å². The van der Waals surface area contributed by atoms with E-state index in [0.717, 1.165) is 52.7 Å². The van der Waals surface area contributed by atoms with Crippen molar-refractivity contribution in [1.29, 1.82) is 0 Å². The van der Waals surface area contributed by atoms with E-state index >= 15 is 0 Å². The number of likely N-dealkylation sites (tertiary alicyclic amines) is 1. The number of carbonyl (C=O) groups excluding carboxylic acids is 1. The van der Waals surface area contributed by atoms with E-state index in [-0.39, 0.29) is 11.9 Å². The Bertz CT molecular complexity index is 1150. The van der Waals surface area contributed by atoms with Gasteiger partial charge in [-0.2, -0.15) is 5.10 Å². The average Bonchev–Trinajstić information content (AvgIpc) is 3.31. The first-order valence-electron chi connectivity index (χ1n) is 11.8. The smallest absolute Gasteiger partial charge is 0.321 e. The number of aliphatic hydroxyl groups excluding tert-OH is 1. The van der Waals surface area contributed by atoms with Crippen molar-refractivity contribution in [2.24, 2.45) is 11.3 Å². The van der Waals surface area contributed by atoms with E-state index in [2.05, 4.69) is 36.3 Å². The number of urea groups is 1. The fourth-order valence-corrected chi connectivity index (χ4v) is 5.21. The second-order valence-electron chi connectivity index (χ2n) is 9.67. The number of aromatic amines is 1. The lowest BCUT2D eigenvalue weighted by Gasteiger charge is -2.43. The quantitative estimate of drug-likeness (QED) is 0.413. The first-order chi connectivity index (χ1) is 16.2. The third-order valence-corrected chi connectivity index (χ3v) is 7.46. The maximum atomic E-state index is 12.9. The van der Waals surface area contributed by atoms with Crippen molar-refractivity contribution in [3.63, 3.8) is 0 Å². The van der Waals surface area contributed by atoms with Crippen LogP contribution >= 0.6 is 11.6 Å². The molecular weight excluding hydrogens is 452 g/mol. The number of fused-ring (bicyclic) bond motifs is 1. The molecule has 7 nitrogen and oxygen atoms in total. The van der Waals surface area contributed by atoms with Crippen LogP contribution in [0, 0.1) is 11.3 Å². The Kier molecular flexibility index (Phi) is 7.05. The number of H-pyrrole nitrogens is 1. The molecule has 182 valence electrons. The molecule has 1 aliphatic heterocycles. The van der Waals surface area contributed by atoms with E-state index in [1.54, 1.807) is 13.3 Å². The van der Waals surface area contributed by atoms with Crippen molar-refractivity contribution in [3.05, 3.63) is 52.7 Å². The van der Waals surface area contributed by atoms with E-state index in [4.69, 9.17) is 16.3 Å². The number of piperidine rings is 1. The molecule has 8 heteroatoms. The zero-order valence-electron chi connectivity index (χ0n) is 20.2. The minimum atomic E-state index is -0.719. The molecule has 3 aromatic rings. The number of halogens is 1. The van der Waals surface area contributed by atoms with Gasteiger partial charge in [-0.3, -0.25) is 5.10 Å². The van der Waals surface area contributed by atoms with Gasteiger partial charge in [0.15, 0.2) is 0 Å². The number of hydrogen-bond acceptors (Lipinski definition) is 4. The lowest BCUT2D eigenvalue weighted by molar-refractivity contribution is -0.0138. The van der Waals surface area contributed by atoms with Gasteiger partial charge in [-0.15, -0.1) is 0 Å². The largest absolute Gasteiger partial charge is 0.497 e. The average molecular weight is 485 g/mol. The fourth-order valence-electron chi connectivity index (χ4n) is 4.97. The Balaban J connectivity index is 1.42. The highest BCUT2D eigenvalue weighted by Gasteiger charge is 2.40. The summed E-state index contributed by atoms with van der Waals surface area (Å²) in [4.78, 5) is 14.8. The van der Waals surface area contributed by atoms with Crippen molar-refractivity contribution >= 4 is 34.2 Å². The van der Waals surface area contributed by atoms with E-state index in [0.29, 0.717) is 18.1 Å². The zero-order chi connectivity index (χ0) is 24.5. The first-order valence-corrected chi connectivity index (χ1v) is 12.1. The minimum absolute atomic E-state index is 0.110. The maximum Gasteiger partial charge on any atom is 0.321 e. The van der Waals surface area contributed by atoms with Crippen molar-refractivity contribution in [2.75, 3.05) is 25.5 Å². The van der Waals surface area contributed by atoms with Gasteiger partial charge in [-0.05, 0) is 60.4 Å². The van der Waals surface area contributed by atoms with Crippen LogP contribution in [0.15, 0.2) is 36.5 Å². The van der Waals surface area contributed by atoms with Gasteiger partial charge in [0.2, 0.25) is 0 Å². The van der Waals surface area contributed by atoms with Gasteiger partial charge in [0.1, 0.15) is 5.75 Å². The van der Waals surface area contributed by atoms with Gasteiger partial charge in [-0.1, -0.05) is 32.4 Å². The monoisotopic (exact) mass is 484 g/mol. The molecule has 0 saturated carbocycles. The number of amides is 2. The minimum Gasteiger partial charge on any atom is -0.497 e. The molecular formula is C26H33ClN4O3. The number of aliphatic hydroxyl groups is 1. The van der Waals surface area contributed by atoms with Crippen LogP contribution < -0.4 is 10.1 Å². The molecule has 1 fully saturated rings. The number of anilines is 1. The summed E-state index contributed by atoms with van der Waals surface area (Å²) in [5, 5.41) is 23.0. The fraction of sp³-hybridized carbons (Fsp3) is 0.462. The Morgan fingerprint density at radius 1 is 1.29 bits per heavy atom. The number of nitrogens with one attached hydrogen (secondary N) is 2. The summed E-state index contributed by atoms with van der Waals surface area (Å²) in [6.45, 7) is 7.51. The topological polar surface area (TPSA) is 90.5 Å². The molecule has 2 amide bonds. The van der Waals surface area contributed by atoms with Crippen LogP contribution in [0.4, 0.5) is 10.5 Å². The van der Waals surface area contributed by atoms with Crippen LogP contribution in [-0.2, 0) is 6.42 Å². The van der Waals surface area contributed by atoms with Crippen LogP contribution in [0.2, 0.25) is 5.02 Å². The summed E-state index contributed by atoms with van der Waals surface area (Å²) in [7, 11) is 1.63. The van der Waals surface area contributed by atoms with Gasteiger partial charge >= 0.3 is 6.03 Å². The van der Waals surface area contributed by atoms with Crippen molar-refractivity contribution in [3.8, 4) is 5.75 Å². The SMILES string of the molecule is CCc1cc(NC(=O)N2CCC(C(C)(C)C(O)c3cc(Cl)cc4cn[nH]c34)CC2)cc(OC)c1. The second kappa shape index (κ2) is 9.84.